The van der Waals surface area contributed by atoms with Gasteiger partial charge in [-0.05, 0) is 19.3 Å². The molecule has 1 atom stereocenters. The maximum Gasteiger partial charge on any atom is 0.306 e. The van der Waals surface area contributed by atoms with Gasteiger partial charge in [0.1, 0.15) is 12.4 Å². The third kappa shape index (κ3) is 21.7. The summed E-state index contributed by atoms with van der Waals surface area (Å²) in [6.45, 7) is 4.49. The summed E-state index contributed by atoms with van der Waals surface area (Å²) in [4.78, 5) is 22.9. The van der Waals surface area contributed by atoms with Gasteiger partial charge in [-0.25, -0.2) is 0 Å². The lowest BCUT2D eigenvalue weighted by atomic mass is 10.0. The molecule has 3 heteroatoms. The molecule has 0 fully saturated rings. The van der Waals surface area contributed by atoms with E-state index >= 15 is 0 Å². The summed E-state index contributed by atoms with van der Waals surface area (Å²) >= 11 is 0. The molecule has 3 nitrogen and oxygen atoms in total. The number of ether oxygens (including phenoxy) is 1. The smallest absolute Gasteiger partial charge is 0.306 e. The number of carbonyl (C=O) groups is 2. The Hall–Kier alpha value is -0.860. The van der Waals surface area contributed by atoms with Crippen molar-refractivity contribution in [1.29, 1.82) is 0 Å². The molecule has 0 radical (unpaired) electrons. The van der Waals surface area contributed by atoms with E-state index in [1.54, 1.807) is 0 Å². The maximum absolute atomic E-state index is 12.1. The van der Waals surface area contributed by atoms with Crippen LogP contribution in [0.2, 0.25) is 0 Å². The van der Waals surface area contributed by atoms with Crippen LogP contribution in [0.15, 0.2) is 0 Å². The first-order valence-corrected chi connectivity index (χ1v) is 12.9. The zero-order valence-corrected chi connectivity index (χ0v) is 19.7. The van der Waals surface area contributed by atoms with Gasteiger partial charge >= 0.3 is 5.97 Å². The Morgan fingerprint density at radius 3 is 1.52 bits per heavy atom. The Kier molecular flexibility index (Phi) is 22.7. The number of hydrogen-bond acceptors (Lipinski definition) is 3. The van der Waals surface area contributed by atoms with Crippen LogP contribution in [0.5, 0.6) is 0 Å². The van der Waals surface area contributed by atoms with Crippen molar-refractivity contribution in [3.05, 3.63) is 0 Å². The highest BCUT2D eigenvalue weighted by Gasteiger charge is 2.13. The molecular weight excluding hydrogens is 360 g/mol. The van der Waals surface area contributed by atoms with E-state index < -0.39 is 0 Å². The number of carbonyl (C=O) groups excluding carboxylic acids is 2. The van der Waals surface area contributed by atoms with Crippen molar-refractivity contribution in [3.63, 3.8) is 0 Å². The van der Waals surface area contributed by atoms with Gasteiger partial charge in [0.05, 0.1) is 0 Å². The maximum atomic E-state index is 12.1. The van der Waals surface area contributed by atoms with E-state index in [1.165, 1.54) is 96.3 Å². The minimum Gasteiger partial charge on any atom is -0.462 e. The lowest BCUT2D eigenvalue weighted by Crippen LogP contribution is -2.18. The number of unbranched alkanes of at least 4 members (excludes halogenated alkanes) is 16. The summed E-state index contributed by atoms with van der Waals surface area (Å²) in [5.41, 5.74) is 0. The fourth-order valence-electron chi connectivity index (χ4n) is 3.84. The first-order chi connectivity index (χ1) is 14.2. The third-order valence-electron chi connectivity index (χ3n) is 5.77. The standard InChI is InChI=1S/C26H50O3/c1-3-5-7-9-11-13-15-17-19-21-25(23-24-27)29-26(28)22-20-18-16-14-12-10-8-6-4-2/h24-25H,3-23H2,1-2H3. The van der Waals surface area contributed by atoms with Crippen molar-refractivity contribution in [2.24, 2.45) is 0 Å². The summed E-state index contributed by atoms with van der Waals surface area (Å²) in [7, 11) is 0. The minimum atomic E-state index is -0.205. The number of esters is 1. The van der Waals surface area contributed by atoms with Crippen LogP contribution < -0.4 is 0 Å². The average Bonchev–Trinajstić information content (AvgIpc) is 2.71. The van der Waals surface area contributed by atoms with E-state index in [4.69, 9.17) is 4.74 Å². The van der Waals surface area contributed by atoms with Gasteiger partial charge < -0.3 is 9.53 Å². The van der Waals surface area contributed by atoms with E-state index in [2.05, 4.69) is 13.8 Å². The van der Waals surface area contributed by atoms with Gasteiger partial charge in [-0.15, -0.1) is 0 Å². The van der Waals surface area contributed by atoms with Crippen LogP contribution in [0.25, 0.3) is 0 Å². The molecule has 0 aliphatic rings. The van der Waals surface area contributed by atoms with Crippen molar-refractivity contribution in [1.82, 2.24) is 0 Å². The molecule has 0 heterocycles. The molecule has 0 aromatic heterocycles. The SMILES string of the molecule is CCCCCCCCCCCC(=O)OC(CC=O)CCCCCCCCCCC. The normalized spacial score (nSPS) is 12.1. The van der Waals surface area contributed by atoms with Crippen molar-refractivity contribution in [3.8, 4) is 0 Å². The van der Waals surface area contributed by atoms with Crippen LogP contribution >= 0.6 is 0 Å². The lowest BCUT2D eigenvalue weighted by Gasteiger charge is -2.15. The third-order valence-corrected chi connectivity index (χ3v) is 5.77. The summed E-state index contributed by atoms with van der Waals surface area (Å²) < 4.78 is 5.56. The highest BCUT2D eigenvalue weighted by molar-refractivity contribution is 5.69. The summed E-state index contributed by atoms with van der Waals surface area (Å²) in [5.74, 6) is -0.115. The molecule has 0 spiro atoms. The van der Waals surface area contributed by atoms with Crippen molar-refractivity contribution in [2.45, 2.75) is 155 Å². The van der Waals surface area contributed by atoms with Gasteiger partial charge in [-0.1, -0.05) is 117 Å². The van der Waals surface area contributed by atoms with Crippen LogP contribution in [0.4, 0.5) is 0 Å². The monoisotopic (exact) mass is 410 g/mol. The van der Waals surface area contributed by atoms with Crippen LogP contribution in [0.3, 0.4) is 0 Å². The first kappa shape index (κ1) is 28.1. The molecular formula is C26H50O3. The first-order valence-electron chi connectivity index (χ1n) is 12.9. The molecule has 29 heavy (non-hydrogen) atoms. The van der Waals surface area contributed by atoms with Crippen LogP contribution in [0.1, 0.15) is 149 Å². The lowest BCUT2D eigenvalue weighted by molar-refractivity contribution is -0.150. The molecule has 0 aliphatic heterocycles. The molecule has 0 aromatic rings. The largest absolute Gasteiger partial charge is 0.462 e. The van der Waals surface area contributed by atoms with E-state index in [0.717, 1.165) is 32.0 Å². The van der Waals surface area contributed by atoms with Crippen LogP contribution in [-0.4, -0.2) is 18.4 Å². The average molecular weight is 411 g/mol. The molecule has 0 bridgehead atoms. The van der Waals surface area contributed by atoms with Crippen molar-refractivity contribution < 1.29 is 14.3 Å². The molecule has 172 valence electrons. The number of hydrogen-bond donors (Lipinski definition) is 0. The van der Waals surface area contributed by atoms with Crippen LogP contribution in [-0.2, 0) is 14.3 Å². The zero-order chi connectivity index (χ0) is 21.4. The van der Waals surface area contributed by atoms with Gasteiger partial charge in [0, 0.05) is 12.8 Å². The van der Waals surface area contributed by atoms with Crippen LogP contribution in [0, 0.1) is 0 Å². The van der Waals surface area contributed by atoms with Crippen molar-refractivity contribution >= 4 is 12.3 Å². The predicted molar refractivity (Wildman–Crippen MR) is 124 cm³/mol. The van der Waals surface area contributed by atoms with E-state index in [9.17, 15) is 9.59 Å². The number of aldehydes is 1. The van der Waals surface area contributed by atoms with Gasteiger partial charge in [-0.3, -0.25) is 4.79 Å². The Balaban J connectivity index is 3.62. The van der Waals surface area contributed by atoms with Gasteiger partial charge in [0.15, 0.2) is 0 Å². The second-order valence-corrected chi connectivity index (χ2v) is 8.71. The van der Waals surface area contributed by atoms with E-state index in [1.807, 2.05) is 0 Å². The van der Waals surface area contributed by atoms with Gasteiger partial charge in [-0.2, -0.15) is 0 Å². The Morgan fingerprint density at radius 1 is 0.655 bits per heavy atom. The Bertz CT molecular complexity index is 354. The predicted octanol–water partition coefficient (Wildman–Crippen LogP) is 8.33. The fraction of sp³-hybridized carbons (Fsp3) is 0.923. The van der Waals surface area contributed by atoms with E-state index in [-0.39, 0.29) is 12.1 Å². The molecule has 0 saturated carbocycles. The topological polar surface area (TPSA) is 43.4 Å². The molecule has 0 rings (SSSR count). The van der Waals surface area contributed by atoms with Gasteiger partial charge in [0.25, 0.3) is 0 Å². The molecule has 0 aliphatic carbocycles. The highest BCUT2D eigenvalue weighted by atomic mass is 16.5. The molecule has 1 unspecified atom stereocenters. The quantitative estimate of drug-likeness (QED) is 0.0965. The Morgan fingerprint density at radius 2 is 1.07 bits per heavy atom. The molecule has 0 amide bonds. The minimum absolute atomic E-state index is 0.115. The fourth-order valence-corrected chi connectivity index (χ4v) is 3.84. The summed E-state index contributed by atoms with van der Waals surface area (Å²) in [6.07, 6.45) is 25.1. The molecule has 0 aromatic carbocycles. The molecule has 0 N–H and O–H groups in total. The van der Waals surface area contributed by atoms with Crippen molar-refractivity contribution in [2.75, 3.05) is 0 Å². The highest BCUT2D eigenvalue weighted by Crippen LogP contribution is 2.15. The number of rotatable bonds is 23. The Labute approximate surface area is 181 Å². The second-order valence-electron chi connectivity index (χ2n) is 8.71. The van der Waals surface area contributed by atoms with Gasteiger partial charge in [0.2, 0.25) is 0 Å². The second kappa shape index (κ2) is 23.4. The zero-order valence-electron chi connectivity index (χ0n) is 19.7. The molecule has 0 saturated heterocycles. The summed E-state index contributed by atoms with van der Waals surface area (Å²) in [6, 6.07) is 0. The summed E-state index contributed by atoms with van der Waals surface area (Å²) in [5, 5.41) is 0. The van der Waals surface area contributed by atoms with E-state index in [0.29, 0.717) is 12.8 Å².